The van der Waals surface area contributed by atoms with E-state index >= 15 is 0 Å². The van der Waals surface area contributed by atoms with Crippen LogP contribution < -0.4 is 0 Å². The Bertz CT molecular complexity index is 309. The Balaban J connectivity index is 2.49. The molecule has 0 aromatic carbocycles. The first kappa shape index (κ1) is 13.2. The van der Waals surface area contributed by atoms with Crippen LogP contribution in [0.25, 0.3) is 0 Å². The predicted molar refractivity (Wildman–Crippen MR) is 68.1 cm³/mol. The van der Waals surface area contributed by atoms with E-state index in [1.165, 1.54) is 6.26 Å². The molecule has 0 N–H and O–H groups in total. The van der Waals surface area contributed by atoms with Crippen LogP contribution >= 0.6 is 15.9 Å². The lowest BCUT2D eigenvalue weighted by molar-refractivity contribution is 0.414. The van der Waals surface area contributed by atoms with E-state index < -0.39 is 9.84 Å². The number of alkyl halides is 1. The topological polar surface area (TPSA) is 34.1 Å². The second-order valence-electron chi connectivity index (χ2n) is 4.28. The lowest BCUT2D eigenvalue weighted by Gasteiger charge is -2.25. The van der Waals surface area contributed by atoms with E-state index in [4.69, 9.17) is 0 Å². The van der Waals surface area contributed by atoms with E-state index in [1.54, 1.807) is 0 Å². The fourth-order valence-corrected chi connectivity index (χ4v) is 3.55. The third-order valence-electron chi connectivity index (χ3n) is 2.96. The standard InChI is InChI=1S/C11H19BrO2S/c1-15(13,14)11-7-4-6-10(9-11)5-2-3-8-12/h2,5,10-11H,3-4,6-9H2,1H3/b5-2+. The molecule has 0 aromatic heterocycles. The van der Waals surface area contributed by atoms with Crippen molar-refractivity contribution in [3.8, 4) is 0 Å². The van der Waals surface area contributed by atoms with Crippen LogP contribution in [-0.4, -0.2) is 25.3 Å². The minimum atomic E-state index is -2.83. The molecule has 0 heterocycles. The lowest BCUT2D eigenvalue weighted by Crippen LogP contribution is -2.26. The number of sulfone groups is 1. The van der Waals surface area contributed by atoms with Crippen molar-refractivity contribution < 1.29 is 8.42 Å². The molecule has 2 atom stereocenters. The number of halogens is 1. The molecule has 0 aromatic rings. The molecule has 0 amide bonds. The minimum absolute atomic E-state index is 0.107. The number of rotatable bonds is 4. The van der Waals surface area contributed by atoms with Crippen LogP contribution in [0.1, 0.15) is 32.1 Å². The molecular weight excluding hydrogens is 276 g/mol. The maximum absolute atomic E-state index is 11.4. The SMILES string of the molecule is CS(=O)(=O)C1CCCC(/C=C/CCBr)C1. The van der Waals surface area contributed by atoms with Crippen LogP contribution in [0.2, 0.25) is 0 Å². The Kier molecular flexibility index (Phi) is 5.33. The van der Waals surface area contributed by atoms with Crippen molar-refractivity contribution in [2.24, 2.45) is 5.92 Å². The van der Waals surface area contributed by atoms with E-state index in [1.807, 2.05) is 0 Å². The molecule has 0 bridgehead atoms. The van der Waals surface area contributed by atoms with Crippen molar-refractivity contribution >= 4 is 25.8 Å². The van der Waals surface area contributed by atoms with Gasteiger partial charge in [0.2, 0.25) is 0 Å². The summed E-state index contributed by atoms with van der Waals surface area (Å²) in [7, 11) is -2.83. The highest BCUT2D eigenvalue weighted by Gasteiger charge is 2.27. The van der Waals surface area contributed by atoms with Gasteiger partial charge in [-0.15, -0.1) is 0 Å². The monoisotopic (exact) mass is 294 g/mol. The van der Waals surface area contributed by atoms with Crippen molar-refractivity contribution in [1.82, 2.24) is 0 Å². The van der Waals surface area contributed by atoms with Gasteiger partial charge < -0.3 is 0 Å². The van der Waals surface area contributed by atoms with E-state index in [2.05, 4.69) is 28.1 Å². The molecule has 4 heteroatoms. The van der Waals surface area contributed by atoms with Gasteiger partial charge in [0, 0.05) is 11.6 Å². The smallest absolute Gasteiger partial charge is 0.150 e. The fraction of sp³-hybridized carbons (Fsp3) is 0.818. The summed E-state index contributed by atoms with van der Waals surface area (Å²) in [5, 5.41) is 0.871. The third kappa shape index (κ3) is 4.68. The lowest BCUT2D eigenvalue weighted by atomic mass is 9.88. The van der Waals surface area contributed by atoms with Gasteiger partial charge in [-0.25, -0.2) is 8.42 Å². The van der Waals surface area contributed by atoms with Crippen LogP contribution in [0.15, 0.2) is 12.2 Å². The van der Waals surface area contributed by atoms with Gasteiger partial charge in [0.15, 0.2) is 0 Å². The van der Waals surface area contributed by atoms with Crippen molar-refractivity contribution in [3.63, 3.8) is 0 Å². The fourth-order valence-electron chi connectivity index (χ4n) is 2.10. The van der Waals surface area contributed by atoms with Crippen molar-refractivity contribution in [2.75, 3.05) is 11.6 Å². The molecule has 2 nitrogen and oxygen atoms in total. The zero-order valence-electron chi connectivity index (χ0n) is 9.15. The maximum Gasteiger partial charge on any atom is 0.150 e. The molecule has 1 saturated carbocycles. The van der Waals surface area contributed by atoms with E-state index in [9.17, 15) is 8.42 Å². The van der Waals surface area contributed by atoms with Gasteiger partial charge in [0.1, 0.15) is 9.84 Å². The summed E-state index contributed by atoms with van der Waals surface area (Å²) in [5.74, 6) is 0.470. The molecule has 0 radical (unpaired) electrons. The van der Waals surface area contributed by atoms with Gasteiger partial charge in [-0.1, -0.05) is 34.5 Å². The highest BCUT2D eigenvalue weighted by atomic mass is 79.9. The Morgan fingerprint density at radius 2 is 2.13 bits per heavy atom. The molecule has 0 saturated heterocycles. The molecule has 1 aliphatic rings. The van der Waals surface area contributed by atoms with Crippen LogP contribution in [0.4, 0.5) is 0 Å². The average Bonchev–Trinajstić information content (AvgIpc) is 2.17. The largest absolute Gasteiger partial charge is 0.229 e. The minimum Gasteiger partial charge on any atom is -0.229 e. The molecule has 15 heavy (non-hydrogen) atoms. The summed E-state index contributed by atoms with van der Waals surface area (Å²) < 4.78 is 22.9. The zero-order chi connectivity index (χ0) is 11.3. The first-order valence-electron chi connectivity index (χ1n) is 5.45. The number of allylic oxidation sites excluding steroid dienone is 2. The Morgan fingerprint density at radius 1 is 1.40 bits per heavy atom. The second-order valence-corrected chi connectivity index (χ2v) is 7.40. The highest BCUT2D eigenvalue weighted by Crippen LogP contribution is 2.29. The molecule has 1 fully saturated rings. The van der Waals surface area contributed by atoms with Gasteiger partial charge in [-0.05, 0) is 31.6 Å². The summed E-state index contributed by atoms with van der Waals surface area (Å²) >= 11 is 3.37. The first-order chi connectivity index (χ1) is 7.04. The summed E-state index contributed by atoms with van der Waals surface area (Å²) in [5.41, 5.74) is 0. The number of hydrogen-bond donors (Lipinski definition) is 0. The second kappa shape index (κ2) is 6.04. The molecule has 88 valence electrons. The summed E-state index contributed by atoms with van der Waals surface area (Å²) in [6.07, 6.45) is 10.6. The average molecular weight is 295 g/mol. The Hall–Kier alpha value is 0.170. The molecular formula is C11H19BrO2S. The first-order valence-corrected chi connectivity index (χ1v) is 8.53. The molecule has 1 aliphatic carbocycles. The summed E-state index contributed by atoms with van der Waals surface area (Å²) in [6, 6.07) is 0. The molecule has 2 unspecified atom stereocenters. The normalized spacial score (nSPS) is 28.4. The molecule has 1 rings (SSSR count). The number of hydrogen-bond acceptors (Lipinski definition) is 2. The predicted octanol–water partition coefficient (Wildman–Crippen LogP) is 2.93. The zero-order valence-corrected chi connectivity index (χ0v) is 11.6. The van der Waals surface area contributed by atoms with Gasteiger partial charge in [-0.3, -0.25) is 0 Å². The van der Waals surface area contributed by atoms with Crippen molar-refractivity contribution in [2.45, 2.75) is 37.4 Å². The van der Waals surface area contributed by atoms with E-state index in [-0.39, 0.29) is 5.25 Å². The molecule has 0 aliphatic heterocycles. The van der Waals surface area contributed by atoms with Crippen LogP contribution in [-0.2, 0) is 9.84 Å². The summed E-state index contributed by atoms with van der Waals surface area (Å²) in [4.78, 5) is 0. The Morgan fingerprint density at radius 3 is 2.73 bits per heavy atom. The van der Waals surface area contributed by atoms with Crippen molar-refractivity contribution in [3.05, 3.63) is 12.2 Å². The van der Waals surface area contributed by atoms with Gasteiger partial charge in [-0.2, -0.15) is 0 Å². The van der Waals surface area contributed by atoms with Crippen LogP contribution in [0.3, 0.4) is 0 Å². The van der Waals surface area contributed by atoms with Crippen LogP contribution in [0.5, 0.6) is 0 Å². The maximum atomic E-state index is 11.4. The van der Waals surface area contributed by atoms with Gasteiger partial charge >= 0.3 is 0 Å². The quantitative estimate of drug-likeness (QED) is 0.590. The van der Waals surface area contributed by atoms with Gasteiger partial charge in [0.25, 0.3) is 0 Å². The van der Waals surface area contributed by atoms with Crippen LogP contribution in [0, 0.1) is 5.92 Å². The molecule has 0 spiro atoms. The van der Waals surface area contributed by atoms with Gasteiger partial charge in [0.05, 0.1) is 5.25 Å². The Labute approximate surface area is 101 Å². The van der Waals surface area contributed by atoms with E-state index in [0.717, 1.165) is 37.4 Å². The van der Waals surface area contributed by atoms with E-state index in [0.29, 0.717) is 5.92 Å². The summed E-state index contributed by atoms with van der Waals surface area (Å²) in [6.45, 7) is 0. The highest BCUT2D eigenvalue weighted by molar-refractivity contribution is 9.09. The van der Waals surface area contributed by atoms with Crippen molar-refractivity contribution in [1.29, 1.82) is 0 Å². The third-order valence-corrected chi connectivity index (χ3v) is 5.05.